The molecule has 0 saturated carbocycles. The summed E-state index contributed by atoms with van der Waals surface area (Å²) in [6, 6.07) is 22.1. The average molecular weight is 420 g/mol. The number of furan rings is 1. The highest BCUT2D eigenvalue weighted by molar-refractivity contribution is 5.74. The summed E-state index contributed by atoms with van der Waals surface area (Å²) in [7, 11) is 0. The Morgan fingerprint density at radius 2 is 1.84 bits per heavy atom. The van der Waals surface area contributed by atoms with Gasteiger partial charge in [0.15, 0.2) is 0 Å². The van der Waals surface area contributed by atoms with Crippen LogP contribution in [0.4, 0.5) is 4.79 Å². The fourth-order valence-electron chi connectivity index (χ4n) is 3.81. The molecule has 2 N–H and O–H groups in total. The van der Waals surface area contributed by atoms with Crippen LogP contribution < -0.4 is 15.4 Å². The summed E-state index contributed by atoms with van der Waals surface area (Å²) < 4.78 is 11.3. The third kappa shape index (κ3) is 6.36. The summed E-state index contributed by atoms with van der Waals surface area (Å²) >= 11 is 0. The first-order chi connectivity index (χ1) is 15.3. The summed E-state index contributed by atoms with van der Waals surface area (Å²) in [6.45, 7) is 3.40. The Labute approximate surface area is 183 Å². The van der Waals surface area contributed by atoms with Crippen LogP contribution in [0.1, 0.15) is 16.9 Å². The number of ether oxygens (including phenoxy) is 1. The number of carbonyl (C=O) groups excluding carboxylic acids is 1. The molecule has 1 aliphatic rings. The van der Waals surface area contributed by atoms with Gasteiger partial charge in [-0.2, -0.15) is 0 Å². The fourth-order valence-corrected chi connectivity index (χ4v) is 3.81. The van der Waals surface area contributed by atoms with Gasteiger partial charge in [-0.1, -0.05) is 48.5 Å². The largest absolute Gasteiger partial charge is 0.491 e. The number of nitrogens with one attached hydrogen (secondary N) is 2. The minimum absolute atomic E-state index is 0.0211. The van der Waals surface area contributed by atoms with E-state index in [-0.39, 0.29) is 12.1 Å². The highest BCUT2D eigenvalue weighted by Gasteiger charge is 2.21. The van der Waals surface area contributed by atoms with E-state index in [1.165, 1.54) is 5.56 Å². The molecule has 3 aromatic rings. The Hall–Kier alpha value is -3.25. The van der Waals surface area contributed by atoms with Crippen molar-refractivity contribution < 1.29 is 13.9 Å². The van der Waals surface area contributed by atoms with Crippen LogP contribution in [0, 0.1) is 0 Å². The molecule has 0 radical (unpaired) electrons. The Balaban J connectivity index is 1.23. The quantitative estimate of drug-likeness (QED) is 0.556. The molecule has 1 aromatic heterocycles. The predicted molar refractivity (Wildman–Crippen MR) is 120 cm³/mol. The number of carbonyl (C=O) groups is 1. The number of amides is 2. The molecule has 0 aliphatic carbocycles. The zero-order chi connectivity index (χ0) is 21.3. The smallest absolute Gasteiger partial charge is 0.315 e. The molecular weight excluding hydrogens is 390 g/mol. The van der Waals surface area contributed by atoms with Crippen LogP contribution in [-0.4, -0.2) is 43.2 Å². The minimum atomic E-state index is -0.158. The van der Waals surface area contributed by atoms with Crippen LogP contribution in [0.5, 0.6) is 5.75 Å². The highest BCUT2D eigenvalue weighted by Crippen LogP contribution is 2.23. The lowest BCUT2D eigenvalue weighted by atomic mass is 10.0. The van der Waals surface area contributed by atoms with E-state index in [0.717, 1.165) is 49.5 Å². The van der Waals surface area contributed by atoms with Crippen molar-refractivity contribution in [3.63, 3.8) is 0 Å². The van der Waals surface area contributed by atoms with Crippen LogP contribution in [0.15, 0.2) is 77.4 Å². The number of urea groups is 1. The summed E-state index contributed by atoms with van der Waals surface area (Å²) in [4.78, 5) is 14.7. The van der Waals surface area contributed by atoms with E-state index in [9.17, 15) is 4.79 Å². The second kappa shape index (κ2) is 10.7. The molecule has 2 heterocycles. The molecule has 0 spiro atoms. The number of para-hydroxylation sites is 1. The lowest BCUT2D eigenvalue weighted by Crippen LogP contribution is -2.48. The molecule has 4 rings (SSSR count). The second-order valence-corrected chi connectivity index (χ2v) is 7.81. The van der Waals surface area contributed by atoms with E-state index < -0.39 is 0 Å². The first-order valence-electron chi connectivity index (χ1n) is 10.8. The fraction of sp³-hybridized carbons (Fsp3) is 0.320. The van der Waals surface area contributed by atoms with Crippen molar-refractivity contribution in [2.24, 2.45) is 0 Å². The van der Waals surface area contributed by atoms with Gasteiger partial charge in [0.2, 0.25) is 0 Å². The SMILES string of the molecule is O=C(NCCN(CCc1ccccc1)Cc1ccco1)NC1COc2ccccc2C1. The van der Waals surface area contributed by atoms with Gasteiger partial charge >= 0.3 is 6.03 Å². The van der Waals surface area contributed by atoms with Gasteiger partial charge in [0.05, 0.1) is 18.8 Å². The van der Waals surface area contributed by atoms with Gasteiger partial charge in [-0.25, -0.2) is 4.79 Å². The molecule has 31 heavy (non-hydrogen) atoms. The first-order valence-corrected chi connectivity index (χ1v) is 10.8. The first kappa shape index (κ1) is 21.0. The minimum Gasteiger partial charge on any atom is -0.491 e. The van der Waals surface area contributed by atoms with E-state index in [0.29, 0.717) is 13.2 Å². The summed E-state index contributed by atoms with van der Waals surface area (Å²) in [6.07, 6.45) is 3.43. The van der Waals surface area contributed by atoms with Gasteiger partial charge in [-0.05, 0) is 42.2 Å². The summed E-state index contributed by atoms with van der Waals surface area (Å²) in [5, 5.41) is 6.01. The van der Waals surface area contributed by atoms with E-state index in [1.807, 2.05) is 42.5 Å². The Morgan fingerprint density at radius 1 is 1.00 bits per heavy atom. The van der Waals surface area contributed by atoms with Gasteiger partial charge in [-0.15, -0.1) is 0 Å². The van der Waals surface area contributed by atoms with E-state index in [4.69, 9.17) is 9.15 Å². The zero-order valence-electron chi connectivity index (χ0n) is 17.6. The van der Waals surface area contributed by atoms with Gasteiger partial charge in [-0.3, -0.25) is 4.90 Å². The molecule has 1 unspecified atom stereocenters. The number of fused-ring (bicyclic) bond motifs is 1. The van der Waals surface area contributed by atoms with Crippen molar-refractivity contribution in [2.45, 2.75) is 25.4 Å². The molecule has 0 fully saturated rings. The van der Waals surface area contributed by atoms with E-state index >= 15 is 0 Å². The second-order valence-electron chi connectivity index (χ2n) is 7.81. The number of nitrogens with zero attached hydrogens (tertiary/aromatic N) is 1. The predicted octanol–water partition coefficient (Wildman–Crippen LogP) is 3.63. The Morgan fingerprint density at radius 3 is 2.68 bits per heavy atom. The maximum Gasteiger partial charge on any atom is 0.315 e. The average Bonchev–Trinajstić information content (AvgIpc) is 3.31. The molecule has 2 amide bonds. The van der Waals surface area contributed by atoms with E-state index in [1.54, 1.807) is 6.26 Å². The van der Waals surface area contributed by atoms with Gasteiger partial charge in [0.1, 0.15) is 18.1 Å². The molecule has 1 atom stereocenters. The monoisotopic (exact) mass is 419 g/mol. The maximum atomic E-state index is 12.4. The molecule has 0 bridgehead atoms. The third-order valence-electron chi connectivity index (χ3n) is 5.45. The van der Waals surface area contributed by atoms with Gasteiger partial charge in [0, 0.05) is 19.6 Å². The van der Waals surface area contributed by atoms with E-state index in [2.05, 4.69) is 39.8 Å². The summed E-state index contributed by atoms with van der Waals surface area (Å²) in [5.41, 5.74) is 2.43. The standard InChI is InChI=1S/C25H29N3O3/c29-25(27-22-17-21-9-4-5-11-24(21)31-19-22)26-13-15-28(18-23-10-6-16-30-23)14-12-20-7-2-1-3-8-20/h1-11,16,22H,12-15,17-19H2,(H2,26,27,29). The molecule has 6 nitrogen and oxygen atoms in total. The number of hydrogen-bond acceptors (Lipinski definition) is 4. The molecule has 162 valence electrons. The normalized spacial score (nSPS) is 15.2. The lowest BCUT2D eigenvalue weighted by Gasteiger charge is -2.26. The van der Waals surface area contributed by atoms with Gasteiger partial charge in [0.25, 0.3) is 0 Å². The van der Waals surface area contributed by atoms with Crippen LogP contribution in [0.2, 0.25) is 0 Å². The maximum absolute atomic E-state index is 12.4. The summed E-state index contributed by atoms with van der Waals surface area (Å²) in [5.74, 6) is 1.84. The van der Waals surface area contributed by atoms with Crippen LogP contribution in [-0.2, 0) is 19.4 Å². The number of benzene rings is 2. The topological polar surface area (TPSA) is 66.7 Å². The zero-order valence-corrected chi connectivity index (χ0v) is 17.6. The van der Waals surface area contributed by atoms with Crippen molar-refractivity contribution in [3.8, 4) is 5.75 Å². The van der Waals surface area contributed by atoms with Crippen molar-refractivity contribution in [1.29, 1.82) is 0 Å². The molecule has 2 aromatic carbocycles. The third-order valence-corrected chi connectivity index (χ3v) is 5.45. The number of rotatable bonds is 9. The molecule has 1 aliphatic heterocycles. The molecule has 6 heteroatoms. The molecule has 0 saturated heterocycles. The van der Waals surface area contributed by atoms with Crippen molar-refractivity contribution in [1.82, 2.24) is 15.5 Å². The van der Waals surface area contributed by atoms with Crippen LogP contribution in [0.25, 0.3) is 0 Å². The van der Waals surface area contributed by atoms with Crippen LogP contribution >= 0.6 is 0 Å². The number of hydrogen-bond donors (Lipinski definition) is 2. The van der Waals surface area contributed by atoms with Crippen LogP contribution in [0.3, 0.4) is 0 Å². The highest BCUT2D eigenvalue weighted by atomic mass is 16.5. The van der Waals surface area contributed by atoms with Crippen molar-refractivity contribution >= 4 is 6.03 Å². The Bertz CT molecular complexity index is 944. The van der Waals surface area contributed by atoms with Gasteiger partial charge < -0.3 is 19.8 Å². The Kier molecular flexibility index (Phi) is 7.24. The van der Waals surface area contributed by atoms with Crippen molar-refractivity contribution in [3.05, 3.63) is 89.9 Å². The lowest BCUT2D eigenvalue weighted by molar-refractivity contribution is 0.210. The molecular formula is C25H29N3O3. The van der Waals surface area contributed by atoms with Crippen molar-refractivity contribution in [2.75, 3.05) is 26.2 Å².